The summed E-state index contributed by atoms with van der Waals surface area (Å²) in [5, 5.41) is 10.1. The van der Waals surface area contributed by atoms with E-state index in [0.29, 0.717) is 41.2 Å². The number of hydrogen-bond acceptors (Lipinski definition) is 8. The molecule has 4 rings (SSSR count). The van der Waals surface area contributed by atoms with Gasteiger partial charge in [0.1, 0.15) is 5.75 Å². The Morgan fingerprint density at radius 2 is 1.94 bits per heavy atom. The minimum Gasteiger partial charge on any atom is -0.504 e. The van der Waals surface area contributed by atoms with E-state index in [0.717, 1.165) is 5.56 Å². The van der Waals surface area contributed by atoms with Crippen LogP contribution in [0.25, 0.3) is 6.08 Å². The highest BCUT2D eigenvalue weighted by molar-refractivity contribution is 14.1. The third kappa shape index (κ3) is 4.72. The standard InChI is InChI=1S/C25H23IN2O6S/c1-5-34-24(31)20-13(2)27-25-28(21(20)15-6-8-16(32-3)9-7-15)23(30)19(35-25)12-14-10-17(26)22(29)18(11-14)33-4/h6-12,21,29H,5H2,1-4H3/b19-12-/t21-/m1/s1. The second kappa shape index (κ2) is 10.2. The van der Waals surface area contributed by atoms with Crippen molar-refractivity contribution in [2.75, 3.05) is 20.8 Å². The van der Waals surface area contributed by atoms with Gasteiger partial charge in [0.2, 0.25) is 0 Å². The second-order valence-corrected chi connectivity index (χ2v) is 9.80. The highest BCUT2D eigenvalue weighted by atomic mass is 127. The molecule has 2 aromatic carbocycles. The maximum absolute atomic E-state index is 13.7. The summed E-state index contributed by atoms with van der Waals surface area (Å²) in [5.41, 5.74) is 1.95. The van der Waals surface area contributed by atoms with Gasteiger partial charge in [-0.2, -0.15) is 0 Å². The number of nitrogens with zero attached hydrogens (tertiary/aromatic N) is 2. The lowest BCUT2D eigenvalue weighted by molar-refractivity contribution is -0.139. The number of thiazole rings is 1. The van der Waals surface area contributed by atoms with Gasteiger partial charge in [0.05, 0.1) is 46.2 Å². The average molecular weight is 606 g/mol. The molecule has 0 aliphatic carbocycles. The molecule has 2 heterocycles. The Kier molecular flexibility index (Phi) is 7.31. The van der Waals surface area contributed by atoms with E-state index in [1.54, 1.807) is 51.3 Å². The van der Waals surface area contributed by atoms with Crippen LogP contribution in [0.3, 0.4) is 0 Å². The van der Waals surface area contributed by atoms with Crippen LogP contribution >= 0.6 is 33.9 Å². The van der Waals surface area contributed by atoms with E-state index in [2.05, 4.69) is 4.99 Å². The van der Waals surface area contributed by atoms with E-state index < -0.39 is 12.0 Å². The third-order valence-electron chi connectivity index (χ3n) is 5.52. The molecule has 1 aliphatic rings. The first-order valence-corrected chi connectivity index (χ1v) is 12.6. The molecule has 0 bridgehead atoms. The molecule has 8 nitrogen and oxygen atoms in total. The maximum atomic E-state index is 13.7. The topological polar surface area (TPSA) is 99.4 Å². The molecule has 0 fully saturated rings. The van der Waals surface area contributed by atoms with Crippen molar-refractivity contribution in [2.24, 2.45) is 4.99 Å². The molecule has 0 spiro atoms. The number of phenolic OH excluding ortho intramolecular Hbond substituents is 1. The number of carbonyl (C=O) groups is 1. The van der Waals surface area contributed by atoms with Crippen molar-refractivity contribution in [1.29, 1.82) is 0 Å². The first-order chi connectivity index (χ1) is 16.8. The Morgan fingerprint density at radius 3 is 2.57 bits per heavy atom. The zero-order valence-electron chi connectivity index (χ0n) is 19.5. The zero-order chi connectivity index (χ0) is 25.3. The quantitative estimate of drug-likeness (QED) is 0.342. The number of carbonyl (C=O) groups excluding carboxylic acids is 1. The van der Waals surface area contributed by atoms with Gasteiger partial charge in [-0.15, -0.1) is 0 Å². The minimum absolute atomic E-state index is 0.0425. The highest BCUT2D eigenvalue weighted by Gasteiger charge is 2.33. The van der Waals surface area contributed by atoms with Gasteiger partial charge in [0.25, 0.3) is 5.56 Å². The fraction of sp³-hybridized carbons (Fsp3) is 0.240. The number of benzene rings is 2. The van der Waals surface area contributed by atoms with Crippen LogP contribution in [0, 0.1) is 3.57 Å². The van der Waals surface area contributed by atoms with Crippen LogP contribution in [0.1, 0.15) is 31.0 Å². The fourth-order valence-electron chi connectivity index (χ4n) is 3.88. The molecule has 1 N–H and O–H groups in total. The van der Waals surface area contributed by atoms with E-state index in [4.69, 9.17) is 14.2 Å². The Labute approximate surface area is 218 Å². The fourth-order valence-corrected chi connectivity index (χ4v) is 5.55. The second-order valence-electron chi connectivity index (χ2n) is 7.63. The Bertz CT molecular complexity index is 1500. The van der Waals surface area contributed by atoms with Crippen molar-refractivity contribution < 1.29 is 24.1 Å². The molecule has 1 atom stereocenters. The molecule has 0 unspecified atom stereocenters. The molecule has 182 valence electrons. The molecule has 3 aromatic rings. The van der Waals surface area contributed by atoms with Gasteiger partial charge in [-0.25, -0.2) is 9.79 Å². The van der Waals surface area contributed by atoms with Crippen LogP contribution in [0.5, 0.6) is 17.2 Å². The number of esters is 1. The Balaban J connectivity index is 1.94. The lowest BCUT2D eigenvalue weighted by Crippen LogP contribution is -2.39. The van der Waals surface area contributed by atoms with Gasteiger partial charge in [0, 0.05) is 0 Å². The summed E-state index contributed by atoms with van der Waals surface area (Å²) in [6.07, 6.45) is 1.72. The first-order valence-electron chi connectivity index (χ1n) is 10.7. The van der Waals surface area contributed by atoms with Crippen LogP contribution in [0.4, 0.5) is 0 Å². The lowest BCUT2D eigenvalue weighted by Gasteiger charge is -2.24. The van der Waals surface area contributed by atoms with Gasteiger partial charge in [-0.1, -0.05) is 23.5 Å². The number of phenols is 1. The van der Waals surface area contributed by atoms with Crippen LogP contribution in [0.2, 0.25) is 0 Å². The summed E-state index contributed by atoms with van der Waals surface area (Å²) in [7, 11) is 3.04. The number of aromatic nitrogens is 1. The summed E-state index contributed by atoms with van der Waals surface area (Å²) in [6, 6.07) is 9.94. The van der Waals surface area contributed by atoms with Crippen molar-refractivity contribution in [3.05, 3.63) is 82.1 Å². The molecular weight excluding hydrogens is 583 g/mol. The number of hydrogen-bond donors (Lipinski definition) is 1. The molecule has 10 heteroatoms. The molecule has 0 saturated carbocycles. The van der Waals surface area contributed by atoms with Crippen molar-refractivity contribution in [2.45, 2.75) is 19.9 Å². The lowest BCUT2D eigenvalue weighted by atomic mass is 9.96. The van der Waals surface area contributed by atoms with Gasteiger partial charge in [0.15, 0.2) is 16.3 Å². The van der Waals surface area contributed by atoms with Crippen molar-refractivity contribution in [3.8, 4) is 17.2 Å². The van der Waals surface area contributed by atoms with E-state index >= 15 is 0 Å². The number of fused-ring (bicyclic) bond motifs is 1. The highest BCUT2D eigenvalue weighted by Crippen LogP contribution is 2.33. The summed E-state index contributed by atoms with van der Waals surface area (Å²) >= 11 is 3.24. The number of methoxy groups -OCH3 is 2. The van der Waals surface area contributed by atoms with Crippen molar-refractivity contribution >= 4 is 46.0 Å². The summed E-state index contributed by atoms with van der Waals surface area (Å²) in [6.45, 7) is 3.68. The van der Waals surface area contributed by atoms with Crippen LogP contribution in [-0.2, 0) is 9.53 Å². The largest absolute Gasteiger partial charge is 0.504 e. The van der Waals surface area contributed by atoms with E-state index in [1.165, 1.54) is 23.0 Å². The first kappa shape index (κ1) is 25.0. The molecule has 1 aromatic heterocycles. The molecular formula is C25H23IN2O6S. The monoisotopic (exact) mass is 606 g/mol. The van der Waals surface area contributed by atoms with Crippen molar-refractivity contribution in [1.82, 2.24) is 4.57 Å². The van der Waals surface area contributed by atoms with Gasteiger partial charge in [-0.3, -0.25) is 9.36 Å². The smallest absolute Gasteiger partial charge is 0.338 e. The Hall–Kier alpha value is -3.12. The normalized spacial score (nSPS) is 15.5. The summed E-state index contributed by atoms with van der Waals surface area (Å²) in [4.78, 5) is 31.7. The predicted molar refractivity (Wildman–Crippen MR) is 141 cm³/mol. The molecule has 0 amide bonds. The Morgan fingerprint density at radius 1 is 1.23 bits per heavy atom. The number of aromatic hydroxyl groups is 1. The van der Waals surface area contributed by atoms with Crippen LogP contribution < -0.4 is 24.4 Å². The maximum Gasteiger partial charge on any atom is 0.338 e. The van der Waals surface area contributed by atoms with Gasteiger partial charge < -0.3 is 19.3 Å². The van der Waals surface area contributed by atoms with Crippen molar-refractivity contribution in [3.63, 3.8) is 0 Å². The minimum atomic E-state index is -0.701. The zero-order valence-corrected chi connectivity index (χ0v) is 22.5. The number of allylic oxidation sites excluding steroid dienone is 1. The number of rotatable bonds is 6. The van der Waals surface area contributed by atoms with Crippen LogP contribution in [0.15, 0.2) is 57.5 Å². The predicted octanol–water partition coefficient (Wildman–Crippen LogP) is 3.13. The number of halogens is 1. The van der Waals surface area contributed by atoms with Gasteiger partial charge in [-0.05, 0) is 77.9 Å². The summed E-state index contributed by atoms with van der Waals surface area (Å²) in [5.74, 6) is 0.505. The molecule has 35 heavy (non-hydrogen) atoms. The van der Waals surface area contributed by atoms with E-state index in [1.807, 2.05) is 34.7 Å². The SMILES string of the molecule is CCOC(=O)C1=C(C)N=c2s/c(=C\c3cc(I)c(O)c(OC)c3)c(=O)n2[C@@H]1c1ccc(OC)cc1. The molecule has 0 radical (unpaired) electrons. The molecule has 1 aliphatic heterocycles. The van der Waals surface area contributed by atoms with Crippen LogP contribution in [-0.4, -0.2) is 36.5 Å². The third-order valence-corrected chi connectivity index (χ3v) is 7.32. The van der Waals surface area contributed by atoms with Gasteiger partial charge >= 0.3 is 5.97 Å². The average Bonchev–Trinajstić information content (AvgIpc) is 3.14. The summed E-state index contributed by atoms with van der Waals surface area (Å²) < 4.78 is 18.4. The number of ether oxygens (including phenoxy) is 3. The van der Waals surface area contributed by atoms with E-state index in [9.17, 15) is 14.7 Å². The molecule has 0 saturated heterocycles. The van der Waals surface area contributed by atoms with E-state index in [-0.39, 0.29) is 17.9 Å².